The van der Waals surface area contributed by atoms with Gasteiger partial charge in [0.05, 0.1) is 0 Å². The molecule has 2 heteroatoms. The molecule has 1 N–H and O–H groups in total. The topological polar surface area (TPSA) is 12.0 Å². The molecule has 0 aliphatic rings. The van der Waals surface area contributed by atoms with E-state index < -0.39 is 0 Å². The number of nitrogens with one attached hydrogen (secondary N) is 1. The smallest absolute Gasteiger partial charge is 0.0340 e. The van der Waals surface area contributed by atoms with Crippen LogP contribution in [0.2, 0.25) is 0 Å². The zero-order chi connectivity index (χ0) is 11.8. The Balaban J connectivity index is 2.86. The fourth-order valence-electron chi connectivity index (χ4n) is 1.80. The summed E-state index contributed by atoms with van der Waals surface area (Å²) in [6.45, 7) is 3.10. The maximum Gasteiger partial charge on any atom is 0.0340 e. The first-order chi connectivity index (χ1) is 7.83. The second kappa shape index (κ2) is 7.38. The standard InChI is InChI=1S/C14H19NS/c1-4-6-10-13(15-5-2)12-9-7-8-11-14(12)16-3/h1,7-9,11,13,15H,5-6,10H2,2-3H3. The Morgan fingerprint density at radius 3 is 2.81 bits per heavy atom. The molecule has 0 heterocycles. The summed E-state index contributed by atoms with van der Waals surface area (Å²) in [6.07, 6.45) is 9.27. The number of hydrogen-bond donors (Lipinski definition) is 1. The molecule has 16 heavy (non-hydrogen) atoms. The van der Waals surface area contributed by atoms with Crippen LogP contribution >= 0.6 is 11.8 Å². The van der Waals surface area contributed by atoms with Gasteiger partial charge in [0.1, 0.15) is 0 Å². The summed E-state index contributed by atoms with van der Waals surface area (Å²) in [4.78, 5) is 1.34. The molecule has 86 valence electrons. The van der Waals surface area contributed by atoms with Crippen molar-refractivity contribution in [2.45, 2.75) is 30.7 Å². The molecule has 0 aromatic heterocycles. The van der Waals surface area contributed by atoms with Crippen LogP contribution in [0.3, 0.4) is 0 Å². The van der Waals surface area contributed by atoms with Gasteiger partial charge >= 0.3 is 0 Å². The SMILES string of the molecule is C#CCCC(NCC)c1ccccc1SC. The minimum atomic E-state index is 0.379. The van der Waals surface area contributed by atoms with Gasteiger partial charge in [0, 0.05) is 17.4 Å². The van der Waals surface area contributed by atoms with E-state index in [0.29, 0.717) is 6.04 Å². The molecule has 0 saturated heterocycles. The lowest BCUT2D eigenvalue weighted by Crippen LogP contribution is -2.21. The summed E-state index contributed by atoms with van der Waals surface area (Å²) >= 11 is 1.79. The molecule has 0 aliphatic heterocycles. The summed E-state index contributed by atoms with van der Waals surface area (Å²) in [5.41, 5.74) is 1.37. The van der Waals surface area contributed by atoms with Crippen molar-refractivity contribution in [3.63, 3.8) is 0 Å². The monoisotopic (exact) mass is 233 g/mol. The van der Waals surface area contributed by atoms with Gasteiger partial charge in [0.2, 0.25) is 0 Å². The Bertz CT molecular complexity index is 354. The quantitative estimate of drug-likeness (QED) is 0.596. The van der Waals surface area contributed by atoms with Gasteiger partial charge in [0.25, 0.3) is 0 Å². The molecule has 1 atom stereocenters. The van der Waals surface area contributed by atoms with Crippen molar-refractivity contribution in [2.24, 2.45) is 0 Å². The van der Waals surface area contributed by atoms with Gasteiger partial charge < -0.3 is 5.32 Å². The largest absolute Gasteiger partial charge is 0.310 e. The minimum absolute atomic E-state index is 0.379. The molecule has 1 nitrogen and oxygen atoms in total. The van der Waals surface area contributed by atoms with Gasteiger partial charge in [-0.25, -0.2) is 0 Å². The molecule has 0 amide bonds. The maximum atomic E-state index is 5.34. The van der Waals surface area contributed by atoms with Gasteiger partial charge in [-0.3, -0.25) is 0 Å². The number of hydrogen-bond acceptors (Lipinski definition) is 2. The lowest BCUT2D eigenvalue weighted by Gasteiger charge is -2.19. The first kappa shape index (κ1) is 13.2. The number of terminal acetylenes is 1. The number of benzene rings is 1. The second-order valence-electron chi connectivity index (χ2n) is 3.60. The third-order valence-corrected chi connectivity index (χ3v) is 3.35. The van der Waals surface area contributed by atoms with Gasteiger partial charge in [0.15, 0.2) is 0 Å². The van der Waals surface area contributed by atoms with E-state index in [-0.39, 0.29) is 0 Å². The number of thioether (sulfide) groups is 1. The van der Waals surface area contributed by atoms with Crippen molar-refractivity contribution in [3.8, 4) is 12.3 Å². The van der Waals surface area contributed by atoms with Crippen LogP contribution in [0.15, 0.2) is 29.2 Å². The molecule has 1 unspecified atom stereocenters. The summed E-state index contributed by atoms with van der Waals surface area (Å²) in [7, 11) is 0. The Hall–Kier alpha value is -0.910. The zero-order valence-corrected chi connectivity index (χ0v) is 10.8. The normalized spacial score (nSPS) is 12.1. The molecule has 0 fully saturated rings. The third-order valence-electron chi connectivity index (χ3n) is 2.54. The van der Waals surface area contributed by atoms with Crippen LogP contribution in [0.4, 0.5) is 0 Å². The molecule has 1 rings (SSSR count). The van der Waals surface area contributed by atoms with Crippen molar-refractivity contribution in [3.05, 3.63) is 29.8 Å². The summed E-state index contributed by atoms with van der Waals surface area (Å²) < 4.78 is 0. The Morgan fingerprint density at radius 1 is 1.44 bits per heavy atom. The van der Waals surface area contributed by atoms with Crippen LogP contribution in [-0.4, -0.2) is 12.8 Å². The van der Waals surface area contributed by atoms with Crippen molar-refractivity contribution in [1.82, 2.24) is 5.32 Å². The highest BCUT2D eigenvalue weighted by atomic mass is 32.2. The molecule has 0 saturated carbocycles. The van der Waals surface area contributed by atoms with E-state index in [2.05, 4.69) is 48.7 Å². The lowest BCUT2D eigenvalue weighted by molar-refractivity contribution is 0.516. The summed E-state index contributed by atoms with van der Waals surface area (Å²) in [5.74, 6) is 2.72. The predicted octanol–water partition coefficient (Wildman–Crippen LogP) is 3.47. The fraction of sp³-hybridized carbons (Fsp3) is 0.429. The number of rotatable bonds is 6. The lowest BCUT2D eigenvalue weighted by atomic mass is 10.0. The summed E-state index contributed by atoms with van der Waals surface area (Å²) in [6, 6.07) is 8.91. The third kappa shape index (κ3) is 3.59. The average molecular weight is 233 g/mol. The molecule has 1 aromatic rings. The highest BCUT2D eigenvalue weighted by Gasteiger charge is 2.12. The van der Waals surface area contributed by atoms with Gasteiger partial charge in [-0.05, 0) is 30.9 Å². The maximum absolute atomic E-state index is 5.34. The van der Waals surface area contributed by atoms with Crippen LogP contribution in [0, 0.1) is 12.3 Å². The highest BCUT2D eigenvalue weighted by Crippen LogP contribution is 2.28. The molecule has 1 aromatic carbocycles. The van der Waals surface area contributed by atoms with Crippen molar-refractivity contribution in [1.29, 1.82) is 0 Å². The average Bonchev–Trinajstić information content (AvgIpc) is 2.34. The van der Waals surface area contributed by atoms with E-state index >= 15 is 0 Å². The summed E-state index contributed by atoms with van der Waals surface area (Å²) in [5, 5.41) is 3.50. The van der Waals surface area contributed by atoms with Crippen LogP contribution in [0.5, 0.6) is 0 Å². The zero-order valence-electron chi connectivity index (χ0n) is 9.99. The van der Waals surface area contributed by atoms with Gasteiger partial charge in [-0.1, -0.05) is 25.1 Å². The van der Waals surface area contributed by atoms with E-state index in [9.17, 15) is 0 Å². The van der Waals surface area contributed by atoms with Gasteiger partial charge in [-0.2, -0.15) is 0 Å². The van der Waals surface area contributed by atoms with Crippen LogP contribution in [0.25, 0.3) is 0 Å². The van der Waals surface area contributed by atoms with Crippen molar-refractivity contribution >= 4 is 11.8 Å². The first-order valence-electron chi connectivity index (χ1n) is 5.63. The predicted molar refractivity (Wildman–Crippen MR) is 72.7 cm³/mol. The minimum Gasteiger partial charge on any atom is -0.310 e. The van der Waals surface area contributed by atoms with E-state index in [4.69, 9.17) is 6.42 Å². The van der Waals surface area contributed by atoms with Crippen molar-refractivity contribution in [2.75, 3.05) is 12.8 Å². The second-order valence-corrected chi connectivity index (χ2v) is 4.44. The van der Waals surface area contributed by atoms with E-state index in [1.54, 1.807) is 11.8 Å². The molecule has 0 aliphatic carbocycles. The molecular weight excluding hydrogens is 214 g/mol. The Labute approximate surface area is 103 Å². The molecule has 0 spiro atoms. The molecular formula is C14H19NS. The highest BCUT2D eigenvalue weighted by molar-refractivity contribution is 7.98. The van der Waals surface area contributed by atoms with Crippen molar-refractivity contribution < 1.29 is 0 Å². The Kier molecular flexibility index (Phi) is 6.07. The fourth-order valence-corrected chi connectivity index (χ4v) is 2.46. The molecule has 0 bridgehead atoms. The Morgan fingerprint density at radius 2 is 2.19 bits per heavy atom. The van der Waals surface area contributed by atoms with Crippen LogP contribution in [0.1, 0.15) is 31.4 Å². The van der Waals surface area contributed by atoms with Crippen LogP contribution in [-0.2, 0) is 0 Å². The first-order valence-corrected chi connectivity index (χ1v) is 6.85. The van der Waals surface area contributed by atoms with Gasteiger partial charge in [-0.15, -0.1) is 24.1 Å². The van der Waals surface area contributed by atoms with E-state index in [1.165, 1.54) is 10.5 Å². The van der Waals surface area contributed by atoms with E-state index in [1.807, 2.05) is 0 Å². The molecule has 0 radical (unpaired) electrons. The van der Waals surface area contributed by atoms with Crippen LogP contribution < -0.4 is 5.32 Å². The van der Waals surface area contributed by atoms with E-state index in [0.717, 1.165) is 19.4 Å².